The Morgan fingerprint density at radius 2 is 1.82 bits per heavy atom. The number of hydrogen-bond donors (Lipinski definition) is 2. The third-order valence-electron chi connectivity index (χ3n) is 4.01. The third kappa shape index (κ3) is 5.32. The first-order chi connectivity index (χ1) is 13.1. The Hall–Kier alpha value is -2.87. The highest BCUT2D eigenvalue weighted by atomic mass is 32.2. The van der Waals surface area contributed by atoms with Crippen molar-refractivity contribution in [1.82, 2.24) is 5.32 Å². The van der Waals surface area contributed by atoms with E-state index >= 15 is 0 Å². The Balaban J connectivity index is 2.21. The Bertz CT molecular complexity index is 986. The summed E-state index contributed by atoms with van der Waals surface area (Å²) in [5.41, 5.74) is 2.31. The van der Waals surface area contributed by atoms with Crippen molar-refractivity contribution >= 4 is 27.6 Å². The Morgan fingerprint density at radius 3 is 2.46 bits per heavy atom. The SMILES string of the molecule is CCNC(=O)[C@@H](C)OC(=O)c1cccc(S(=O)(=O)Nc2ccc(C)cc2C)c1. The van der Waals surface area contributed by atoms with Crippen LogP contribution in [0.1, 0.15) is 35.3 Å². The monoisotopic (exact) mass is 404 g/mol. The van der Waals surface area contributed by atoms with Gasteiger partial charge in [0, 0.05) is 6.54 Å². The molecule has 1 amide bonds. The lowest BCUT2D eigenvalue weighted by Crippen LogP contribution is -2.35. The number of likely N-dealkylation sites (N-methyl/N-ethyl adjacent to an activating group) is 1. The molecule has 2 rings (SSSR count). The molecule has 0 aliphatic heterocycles. The highest BCUT2D eigenvalue weighted by Crippen LogP contribution is 2.21. The van der Waals surface area contributed by atoms with E-state index in [-0.39, 0.29) is 10.5 Å². The first-order valence-corrected chi connectivity index (χ1v) is 10.3. The summed E-state index contributed by atoms with van der Waals surface area (Å²) >= 11 is 0. The van der Waals surface area contributed by atoms with Gasteiger partial charge in [-0.3, -0.25) is 9.52 Å². The molecule has 28 heavy (non-hydrogen) atoms. The molecule has 8 heteroatoms. The van der Waals surface area contributed by atoms with Gasteiger partial charge in [-0.15, -0.1) is 0 Å². The summed E-state index contributed by atoms with van der Waals surface area (Å²) in [5, 5.41) is 2.55. The van der Waals surface area contributed by atoms with Crippen molar-refractivity contribution < 1.29 is 22.7 Å². The third-order valence-corrected chi connectivity index (χ3v) is 5.37. The molecule has 2 aromatic carbocycles. The maximum absolute atomic E-state index is 12.7. The summed E-state index contributed by atoms with van der Waals surface area (Å²) < 4.78 is 33.0. The zero-order chi connectivity index (χ0) is 20.9. The molecule has 150 valence electrons. The van der Waals surface area contributed by atoms with E-state index < -0.39 is 28.0 Å². The number of carbonyl (C=O) groups excluding carboxylic acids is 2. The minimum Gasteiger partial charge on any atom is -0.449 e. The molecule has 0 aliphatic carbocycles. The molecule has 0 saturated heterocycles. The average molecular weight is 404 g/mol. The van der Waals surface area contributed by atoms with Gasteiger partial charge in [0.25, 0.3) is 15.9 Å². The lowest BCUT2D eigenvalue weighted by Gasteiger charge is -2.14. The summed E-state index contributed by atoms with van der Waals surface area (Å²) in [6.45, 7) is 7.34. The van der Waals surface area contributed by atoms with Crippen molar-refractivity contribution in [1.29, 1.82) is 0 Å². The van der Waals surface area contributed by atoms with Gasteiger partial charge in [0.2, 0.25) is 0 Å². The van der Waals surface area contributed by atoms with E-state index in [1.54, 1.807) is 26.0 Å². The Labute approximate surface area is 165 Å². The molecule has 1 atom stereocenters. The second-order valence-electron chi connectivity index (χ2n) is 6.39. The summed E-state index contributed by atoms with van der Waals surface area (Å²) in [4.78, 5) is 23.9. The molecule has 0 unspecified atom stereocenters. The van der Waals surface area contributed by atoms with Gasteiger partial charge in [-0.25, -0.2) is 13.2 Å². The zero-order valence-electron chi connectivity index (χ0n) is 16.3. The van der Waals surface area contributed by atoms with Gasteiger partial charge in [-0.2, -0.15) is 0 Å². The number of ether oxygens (including phenoxy) is 1. The molecule has 0 aliphatic rings. The Kier molecular flexibility index (Phi) is 6.80. The van der Waals surface area contributed by atoms with Crippen LogP contribution in [0.5, 0.6) is 0 Å². The fourth-order valence-electron chi connectivity index (χ4n) is 2.52. The molecule has 0 fully saturated rings. The van der Waals surface area contributed by atoms with E-state index in [0.717, 1.165) is 11.1 Å². The normalized spacial score (nSPS) is 12.1. The van der Waals surface area contributed by atoms with Crippen molar-refractivity contribution in [3.63, 3.8) is 0 Å². The number of carbonyl (C=O) groups is 2. The molecule has 7 nitrogen and oxygen atoms in total. The lowest BCUT2D eigenvalue weighted by atomic mass is 10.1. The van der Waals surface area contributed by atoms with Crippen LogP contribution < -0.4 is 10.0 Å². The van der Waals surface area contributed by atoms with E-state index in [4.69, 9.17) is 4.74 Å². The maximum Gasteiger partial charge on any atom is 0.338 e. The van der Waals surface area contributed by atoms with E-state index in [1.165, 1.54) is 31.2 Å². The van der Waals surface area contributed by atoms with Gasteiger partial charge in [0.05, 0.1) is 16.1 Å². The molecular formula is C20H24N2O5S. The minimum atomic E-state index is -3.90. The largest absolute Gasteiger partial charge is 0.449 e. The van der Waals surface area contributed by atoms with Crippen molar-refractivity contribution in [2.45, 2.75) is 38.7 Å². The molecule has 2 N–H and O–H groups in total. The van der Waals surface area contributed by atoms with Gasteiger partial charge in [0.15, 0.2) is 6.10 Å². The number of benzene rings is 2. The van der Waals surface area contributed by atoms with Gasteiger partial charge in [-0.05, 0) is 57.5 Å². The molecule has 0 aromatic heterocycles. The average Bonchev–Trinajstić information content (AvgIpc) is 2.64. The second kappa shape index (κ2) is 8.88. The number of sulfonamides is 1. The van der Waals surface area contributed by atoms with E-state index in [1.807, 2.05) is 13.0 Å². The molecule has 0 bridgehead atoms. The standard InChI is InChI=1S/C20H24N2O5S/c1-5-21-19(23)15(4)27-20(24)16-7-6-8-17(12-16)28(25,26)22-18-10-9-13(2)11-14(18)3/h6-12,15,22H,5H2,1-4H3,(H,21,23)/t15-/m1/s1. The predicted molar refractivity (Wildman–Crippen MR) is 107 cm³/mol. The number of hydrogen-bond acceptors (Lipinski definition) is 5. The number of amides is 1. The molecule has 0 spiro atoms. The molecule has 0 heterocycles. The van der Waals surface area contributed by atoms with Gasteiger partial charge in [-0.1, -0.05) is 23.8 Å². The summed E-state index contributed by atoms with van der Waals surface area (Å²) in [7, 11) is -3.90. The Morgan fingerprint density at radius 1 is 1.11 bits per heavy atom. The van der Waals surface area contributed by atoms with Crippen molar-refractivity contribution in [2.75, 3.05) is 11.3 Å². The highest BCUT2D eigenvalue weighted by molar-refractivity contribution is 7.92. The zero-order valence-corrected chi connectivity index (χ0v) is 17.1. The molecule has 0 saturated carbocycles. The summed E-state index contributed by atoms with van der Waals surface area (Å²) in [6, 6.07) is 10.9. The molecule has 0 radical (unpaired) electrons. The topological polar surface area (TPSA) is 102 Å². The fraction of sp³-hybridized carbons (Fsp3) is 0.300. The second-order valence-corrected chi connectivity index (χ2v) is 8.08. The predicted octanol–water partition coefficient (Wildman–Crippen LogP) is 2.79. The van der Waals surface area contributed by atoms with Gasteiger partial charge >= 0.3 is 5.97 Å². The van der Waals surface area contributed by atoms with Crippen molar-refractivity contribution in [3.05, 3.63) is 59.2 Å². The number of nitrogens with one attached hydrogen (secondary N) is 2. The molecule has 2 aromatic rings. The van der Waals surface area contributed by atoms with Crippen molar-refractivity contribution in [3.8, 4) is 0 Å². The summed E-state index contributed by atoms with van der Waals surface area (Å²) in [6.07, 6.45) is -0.985. The van der Waals surface area contributed by atoms with Crippen LogP contribution in [-0.2, 0) is 19.6 Å². The first kappa shape index (κ1) is 21.4. The number of rotatable bonds is 7. The highest BCUT2D eigenvalue weighted by Gasteiger charge is 2.21. The van der Waals surface area contributed by atoms with Crippen molar-refractivity contribution in [2.24, 2.45) is 0 Å². The first-order valence-electron chi connectivity index (χ1n) is 8.83. The summed E-state index contributed by atoms with van der Waals surface area (Å²) in [5.74, 6) is -1.20. The van der Waals surface area contributed by atoms with E-state index in [9.17, 15) is 18.0 Å². The maximum atomic E-state index is 12.7. The molecular weight excluding hydrogens is 380 g/mol. The van der Waals surface area contributed by atoms with E-state index in [2.05, 4.69) is 10.0 Å². The van der Waals surface area contributed by atoms with Gasteiger partial charge in [0.1, 0.15) is 0 Å². The number of anilines is 1. The van der Waals surface area contributed by atoms with Crippen LogP contribution >= 0.6 is 0 Å². The van der Waals surface area contributed by atoms with Crippen LogP contribution in [0, 0.1) is 13.8 Å². The van der Waals surface area contributed by atoms with Crippen LogP contribution in [-0.4, -0.2) is 32.9 Å². The van der Waals surface area contributed by atoms with Gasteiger partial charge < -0.3 is 10.1 Å². The van der Waals surface area contributed by atoms with Crippen LogP contribution in [0.3, 0.4) is 0 Å². The lowest BCUT2D eigenvalue weighted by molar-refractivity contribution is -0.128. The minimum absolute atomic E-state index is 0.0413. The van der Waals surface area contributed by atoms with Crippen LogP contribution in [0.25, 0.3) is 0 Å². The quantitative estimate of drug-likeness (QED) is 0.691. The van der Waals surface area contributed by atoms with E-state index in [0.29, 0.717) is 12.2 Å². The van der Waals surface area contributed by atoms with Crippen LogP contribution in [0.4, 0.5) is 5.69 Å². The van der Waals surface area contributed by atoms with Crippen LogP contribution in [0.2, 0.25) is 0 Å². The van der Waals surface area contributed by atoms with Crippen LogP contribution in [0.15, 0.2) is 47.4 Å². The fourth-order valence-corrected chi connectivity index (χ4v) is 3.70. The number of esters is 1. The number of aryl methyl sites for hydroxylation is 2. The smallest absolute Gasteiger partial charge is 0.338 e.